The largest absolute Gasteiger partial charge is 0.325 e. The van der Waals surface area contributed by atoms with Gasteiger partial charge in [-0.1, -0.05) is 0 Å². The molecule has 0 unspecified atom stereocenters. The van der Waals surface area contributed by atoms with E-state index in [0.29, 0.717) is 25.9 Å². The van der Waals surface area contributed by atoms with E-state index in [2.05, 4.69) is 10.6 Å². The second-order valence-electron chi connectivity index (χ2n) is 5.20. The average Bonchev–Trinajstić information content (AvgIpc) is 2.53. The molecule has 19 heavy (non-hydrogen) atoms. The molecule has 0 aliphatic carbocycles. The van der Waals surface area contributed by atoms with Crippen LogP contribution in [0.25, 0.3) is 0 Å². The minimum atomic E-state index is -3.06. The molecule has 0 bridgehead atoms. The summed E-state index contributed by atoms with van der Waals surface area (Å²) in [6.07, 6.45) is 2.60. The zero-order chi connectivity index (χ0) is 14.1. The Morgan fingerprint density at radius 3 is 2.47 bits per heavy atom. The van der Waals surface area contributed by atoms with E-state index in [9.17, 15) is 18.0 Å². The van der Waals surface area contributed by atoms with Crippen molar-refractivity contribution in [3.63, 3.8) is 0 Å². The molecule has 2 aliphatic heterocycles. The van der Waals surface area contributed by atoms with E-state index in [4.69, 9.17) is 0 Å². The van der Waals surface area contributed by atoms with Crippen molar-refractivity contribution in [3.05, 3.63) is 0 Å². The van der Waals surface area contributed by atoms with Gasteiger partial charge in [0.05, 0.1) is 5.75 Å². The van der Waals surface area contributed by atoms with Gasteiger partial charge in [0, 0.05) is 12.8 Å². The molecule has 2 N–H and O–H groups in total. The van der Waals surface area contributed by atoms with Crippen LogP contribution in [0.1, 0.15) is 19.3 Å². The zero-order valence-corrected chi connectivity index (χ0v) is 11.8. The molecule has 8 heteroatoms. The third kappa shape index (κ3) is 3.06. The third-order valence-electron chi connectivity index (χ3n) is 3.60. The SMILES string of the molecule is CS(=O)(=O)CCCN1C(=O)NC2(CCNCC2)C1=O. The summed E-state index contributed by atoms with van der Waals surface area (Å²) in [5.74, 6) is -0.231. The lowest BCUT2D eigenvalue weighted by atomic mass is 9.88. The molecular weight excluding hydrogens is 270 g/mol. The van der Waals surface area contributed by atoms with E-state index in [1.54, 1.807) is 0 Å². The Bertz CT molecular complexity index is 482. The molecule has 2 saturated heterocycles. The maximum Gasteiger partial charge on any atom is 0.325 e. The standard InChI is InChI=1S/C11H19N3O4S/c1-19(17,18)8-2-7-14-9(15)11(13-10(14)16)3-5-12-6-4-11/h12H,2-8H2,1H3,(H,13,16). The molecule has 0 saturated carbocycles. The highest BCUT2D eigenvalue weighted by molar-refractivity contribution is 7.90. The number of urea groups is 1. The van der Waals surface area contributed by atoms with Crippen molar-refractivity contribution in [2.45, 2.75) is 24.8 Å². The molecule has 0 aromatic heterocycles. The number of imide groups is 1. The number of nitrogens with zero attached hydrogens (tertiary/aromatic N) is 1. The van der Waals surface area contributed by atoms with Gasteiger partial charge in [-0.25, -0.2) is 13.2 Å². The fourth-order valence-electron chi connectivity index (χ4n) is 2.56. The first-order chi connectivity index (χ1) is 8.84. The molecule has 108 valence electrons. The van der Waals surface area contributed by atoms with Crippen molar-refractivity contribution < 1.29 is 18.0 Å². The smallest absolute Gasteiger partial charge is 0.323 e. The van der Waals surface area contributed by atoms with Crippen molar-refractivity contribution in [3.8, 4) is 0 Å². The number of amides is 3. The Kier molecular flexibility index (Phi) is 3.82. The Labute approximate surface area is 112 Å². The molecule has 2 aliphatic rings. The van der Waals surface area contributed by atoms with Crippen molar-refractivity contribution in [2.75, 3.05) is 31.6 Å². The normalized spacial score (nSPS) is 22.9. The van der Waals surface area contributed by atoms with Crippen LogP contribution < -0.4 is 10.6 Å². The van der Waals surface area contributed by atoms with E-state index in [1.807, 2.05) is 0 Å². The number of hydrogen-bond acceptors (Lipinski definition) is 5. The summed E-state index contributed by atoms with van der Waals surface area (Å²) in [4.78, 5) is 25.3. The van der Waals surface area contributed by atoms with Gasteiger partial charge in [0.25, 0.3) is 5.91 Å². The van der Waals surface area contributed by atoms with Crippen molar-refractivity contribution in [1.82, 2.24) is 15.5 Å². The van der Waals surface area contributed by atoms with Crippen LogP contribution in [0.3, 0.4) is 0 Å². The van der Waals surface area contributed by atoms with Crippen LogP contribution in [0.5, 0.6) is 0 Å². The Balaban J connectivity index is 1.98. The van der Waals surface area contributed by atoms with E-state index in [0.717, 1.165) is 11.2 Å². The topological polar surface area (TPSA) is 95.6 Å². The lowest BCUT2D eigenvalue weighted by Gasteiger charge is -2.31. The van der Waals surface area contributed by atoms with Gasteiger partial charge in [0.2, 0.25) is 0 Å². The molecule has 7 nitrogen and oxygen atoms in total. The van der Waals surface area contributed by atoms with Crippen molar-refractivity contribution >= 4 is 21.8 Å². The Morgan fingerprint density at radius 2 is 1.89 bits per heavy atom. The predicted molar refractivity (Wildman–Crippen MR) is 69.4 cm³/mol. The molecular formula is C11H19N3O4S. The van der Waals surface area contributed by atoms with Gasteiger partial charge < -0.3 is 10.6 Å². The van der Waals surface area contributed by atoms with Crippen LogP contribution in [0.15, 0.2) is 0 Å². The summed E-state index contributed by atoms with van der Waals surface area (Å²) in [6, 6.07) is -0.402. The maximum atomic E-state index is 12.3. The highest BCUT2D eigenvalue weighted by Crippen LogP contribution is 2.26. The summed E-state index contributed by atoms with van der Waals surface area (Å²) in [7, 11) is -3.06. The summed E-state index contributed by atoms with van der Waals surface area (Å²) in [6.45, 7) is 1.55. The molecule has 0 atom stereocenters. The van der Waals surface area contributed by atoms with Crippen LogP contribution >= 0.6 is 0 Å². The Morgan fingerprint density at radius 1 is 1.26 bits per heavy atom. The number of carbonyl (C=O) groups is 2. The van der Waals surface area contributed by atoms with Crippen LogP contribution in [0.4, 0.5) is 4.79 Å². The highest BCUT2D eigenvalue weighted by atomic mass is 32.2. The summed E-state index contributed by atoms with van der Waals surface area (Å²) in [5, 5.41) is 5.91. The van der Waals surface area contributed by atoms with Gasteiger partial charge in [-0.05, 0) is 32.4 Å². The first-order valence-electron chi connectivity index (χ1n) is 6.37. The Hall–Kier alpha value is -1.15. The van der Waals surface area contributed by atoms with Gasteiger partial charge in [-0.3, -0.25) is 9.69 Å². The van der Waals surface area contributed by atoms with Gasteiger partial charge in [-0.2, -0.15) is 0 Å². The lowest BCUT2D eigenvalue weighted by Crippen LogP contribution is -2.53. The van der Waals surface area contributed by atoms with Crippen LogP contribution in [0, 0.1) is 0 Å². The average molecular weight is 289 g/mol. The number of rotatable bonds is 4. The minimum absolute atomic E-state index is 0.0153. The van der Waals surface area contributed by atoms with Gasteiger partial charge in [-0.15, -0.1) is 0 Å². The minimum Gasteiger partial charge on any atom is -0.323 e. The second-order valence-corrected chi connectivity index (χ2v) is 7.46. The molecule has 2 rings (SSSR count). The monoisotopic (exact) mass is 289 g/mol. The first kappa shape index (κ1) is 14.3. The van der Waals surface area contributed by atoms with Crippen LogP contribution in [-0.4, -0.2) is 62.4 Å². The zero-order valence-electron chi connectivity index (χ0n) is 10.9. The van der Waals surface area contributed by atoms with Crippen LogP contribution in [0.2, 0.25) is 0 Å². The molecule has 0 aromatic carbocycles. The summed E-state index contributed by atoms with van der Waals surface area (Å²) in [5.41, 5.74) is -0.770. The number of nitrogens with one attached hydrogen (secondary N) is 2. The molecule has 2 heterocycles. The maximum absolute atomic E-state index is 12.3. The fourth-order valence-corrected chi connectivity index (χ4v) is 3.21. The number of hydrogen-bond donors (Lipinski definition) is 2. The second kappa shape index (κ2) is 5.09. The third-order valence-corrected chi connectivity index (χ3v) is 4.63. The molecule has 0 aromatic rings. The van der Waals surface area contributed by atoms with E-state index >= 15 is 0 Å². The number of sulfone groups is 1. The molecule has 2 fully saturated rings. The van der Waals surface area contributed by atoms with E-state index in [1.165, 1.54) is 0 Å². The molecule has 3 amide bonds. The first-order valence-corrected chi connectivity index (χ1v) is 8.43. The number of carbonyl (C=O) groups excluding carboxylic acids is 2. The van der Waals surface area contributed by atoms with Gasteiger partial charge in [0.1, 0.15) is 15.4 Å². The van der Waals surface area contributed by atoms with Gasteiger partial charge in [0.15, 0.2) is 0 Å². The van der Waals surface area contributed by atoms with Crippen molar-refractivity contribution in [1.29, 1.82) is 0 Å². The molecule has 0 radical (unpaired) electrons. The highest BCUT2D eigenvalue weighted by Gasteiger charge is 2.50. The molecule has 1 spiro atoms. The summed E-state index contributed by atoms with van der Waals surface area (Å²) < 4.78 is 22.1. The fraction of sp³-hybridized carbons (Fsp3) is 0.818. The summed E-state index contributed by atoms with van der Waals surface area (Å²) >= 11 is 0. The quantitative estimate of drug-likeness (QED) is 0.654. The van der Waals surface area contributed by atoms with Crippen molar-refractivity contribution in [2.24, 2.45) is 0 Å². The number of piperidine rings is 1. The van der Waals surface area contributed by atoms with E-state index < -0.39 is 21.4 Å². The van der Waals surface area contributed by atoms with Crippen LogP contribution in [-0.2, 0) is 14.6 Å². The van der Waals surface area contributed by atoms with E-state index in [-0.39, 0.29) is 24.6 Å². The van der Waals surface area contributed by atoms with Gasteiger partial charge >= 0.3 is 6.03 Å². The lowest BCUT2D eigenvalue weighted by molar-refractivity contribution is -0.132. The predicted octanol–water partition coefficient (Wildman–Crippen LogP) is -0.905.